The highest BCUT2D eigenvalue weighted by Crippen LogP contribution is 2.21. The summed E-state index contributed by atoms with van der Waals surface area (Å²) in [5.41, 5.74) is -1.22. The number of alkyl halides is 3. The summed E-state index contributed by atoms with van der Waals surface area (Å²) in [6.07, 6.45) is -4.53. The molecule has 2 nitrogen and oxygen atoms in total. The predicted octanol–water partition coefficient (Wildman–Crippen LogP) is 1.59. The van der Waals surface area contributed by atoms with Crippen LogP contribution >= 0.6 is 0 Å². The summed E-state index contributed by atoms with van der Waals surface area (Å²) in [5.74, 6) is -0.688. The van der Waals surface area contributed by atoms with Crippen molar-refractivity contribution in [2.45, 2.75) is 19.5 Å². The maximum Gasteiger partial charge on any atom is 0.430 e. The maximum atomic E-state index is 11.6. The lowest BCUT2D eigenvalue weighted by molar-refractivity contribution is -0.126. The van der Waals surface area contributed by atoms with Crippen LogP contribution in [0, 0.1) is 0 Å². The first-order valence-electron chi connectivity index (χ1n) is 2.94. The topological polar surface area (TPSA) is 29.1 Å². The van der Waals surface area contributed by atoms with E-state index in [1.165, 1.54) is 6.92 Å². The smallest absolute Gasteiger partial charge is 0.322 e. The minimum Gasteiger partial charge on any atom is -0.322 e. The Bertz CT molecular complexity index is 173. The summed E-state index contributed by atoms with van der Waals surface area (Å²) in [7, 11) is 0. The fourth-order valence-corrected chi connectivity index (χ4v) is 0.328. The first kappa shape index (κ1) is 10.0. The van der Waals surface area contributed by atoms with Gasteiger partial charge >= 0.3 is 6.18 Å². The number of amides is 1. The minimum absolute atomic E-state index is 0.00903. The first-order valence-corrected chi connectivity index (χ1v) is 2.94. The number of nitrogens with one attached hydrogen (secondary N) is 1. The average Bonchev–Trinajstić information content (AvgIpc) is 1.85. The van der Waals surface area contributed by atoms with Crippen LogP contribution in [0.2, 0.25) is 0 Å². The standard InChI is InChI=1S/C6H8F3NO/c1-3-5(11)10-4(2)6(7,8)9/h2-3H2,1H3,(H,10,11). The Balaban J connectivity index is 3.99. The SMILES string of the molecule is C=C(NC(=O)CC)C(F)(F)F. The number of allylic oxidation sites excluding steroid dienone is 1. The molecular weight excluding hydrogens is 159 g/mol. The molecule has 0 aliphatic heterocycles. The summed E-state index contributed by atoms with van der Waals surface area (Å²) < 4.78 is 34.9. The van der Waals surface area contributed by atoms with E-state index in [1.807, 2.05) is 0 Å². The largest absolute Gasteiger partial charge is 0.430 e. The van der Waals surface area contributed by atoms with Crippen molar-refractivity contribution in [1.82, 2.24) is 5.32 Å². The molecule has 0 bridgehead atoms. The van der Waals surface area contributed by atoms with Crippen LogP contribution in [-0.4, -0.2) is 12.1 Å². The highest BCUT2D eigenvalue weighted by Gasteiger charge is 2.32. The van der Waals surface area contributed by atoms with Crippen LogP contribution in [-0.2, 0) is 4.79 Å². The van der Waals surface area contributed by atoms with Gasteiger partial charge in [0.15, 0.2) is 0 Å². The normalized spacial score (nSPS) is 10.9. The van der Waals surface area contributed by atoms with E-state index in [4.69, 9.17) is 0 Å². The van der Waals surface area contributed by atoms with Crippen LogP contribution in [0.1, 0.15) is 13.3 Å². The summed E-state index contributed by atoms with van der Waals surface area (Å²) in [6.45, 7) is 4.11. The van der Waals surface area contributed by atoms with Gasteiger partial charge in [-0.1, -0.05) is 13.5 Å². The van der Waals surface area contributed by atoms with E-state index in [1.54, 1.807) is 5.32 Å². The monoisotopic (exact) mass is 167 g/mol. The van der Waals surface area contributed by atoms with Gasteiger partial charge in [0.1, 0.15) is 5.70 Å². The van der Waals surface area contributed by atoms with Crippen molar-refractivity contribution in [3.63, 3.8) is 0 Å². The van der Waals surface area contributed by atoms with Gasteiger partial charge in [0, 0.05) is 6.42 Å². The van der Waals surface area contributed by atoms with Crippen LogP contribution in [0.4, 0.5) is 13.2 Å². The van der Waals surface area contributed by atoms with Gasteiger partial charge in [0.25, 0.3) is 0 Å². The van der Waals surface area contributed by atoms with Gasteiger partial charge < -0.3 is 5.32 Å². The molecule has 0 radical (unpaired) electrons. The molecule has 0 aromatic rings. The van der Waals surface area contributed by atoms with E-state index in [0.29, 0.717) is 0 Å². The second kappa shape index (κ2) is 3.41. The quantitative estimate of drug-likeness (QED) is 0.664. The van der Waals surface area contributed by atoms with Gasteiger partial charge in [0.05, 0.1) is 0 Å². The molecule has 0 saturated carbocycles. The van der Waals surface area contributed by atoms with Gasteiger partial charge in [0.2, 0.25) is 5.91 Å². The zero-order valence-corrected chi connectivity index (χ0v) is 5.96. The Morgan fingerprint density at radius 2 is 2.00 bits per heavy atom. The zero-order chi connectivity index (χ0) is 9.07. The van der Waals surface area contributed by atoms with Gasteiger partial charge in [-0.2, -0.15) is 13.2 Å². The van der Waals surface area contributed by atoms with Crippen molar-refractivity contribution in [1.29, 1.82) is 0 Å². The van der Waals surface area contributed by atoms with Crippen molar-refractivity contribution >= 4 is 5.91 Å². The van der Waals surface area contributed by atoms with Crippen LogP contribution in [0.3, 0.4) is 0 Å². The lowest BCUT2D eigenvalue weighted by Crippen LogP contribution is -2.29. The lowest BCUT2D eigenvalue weighted by Gasteiger charge is -2.09. The molecule has 0 unspecified atom stereocenters. The van der Waals surface area contributed by atoms with Gasteiger partial charge in [-0.05, 0) is 0 Å². The molecule has 1 amide bonds. The van der Waals surface area contributed by atoms with E-state index in [2.05, 4.69) is 6.58 Å². The average molecular weight is 167 g/mol. The van der Waals surface area contributed by atoms with Crippen molar-refractivity contribution in [3.05, 3.63) is 12.3 Å². The molecule has 0 aromatic carbocycles. The summed E-state index contributed by atoms with van der Waals surface area (Å²) >= 11 is 0. The Morgan fingerprint density at radius 1 is 1.55 bits per heavy atom. The lowest BCUT2D eigenvalue weighted by atomic mass is 10.4. The Hall–Kier alpha value is -1.00. The third-order valence-electron chi connectivity index (χ3n) is 0.954. The molecular formula is C6H8F3NO. The third-order valence-corrected chi connectivity index (χ3v) is 0.954. The van der Waals surface area contributed by atoms with E-state index in [0.717, 1.165) is 0 Å². The van der Waals surface area contributed by atoms with Crippen molar-refractivity contribution in [2.75, 3.05) is 0 Å². The summed E-state index contributed by atoms with van der Waals surface area (Å²) in [4.78, 5) is 10.4. The molecule has 0 aliphatic carbocycles. The molecule has 11 heavy (non-hydrogen) atoms. The first-order chi connectivity index (χ1) is 4.88. The second-order valence-electron chi connectivity index (χ2n) is 1.88. The molecule has 0 heterocycles. The Labute approximate surface area is 62.1 Å². The minimum atomic E-state index is -4.54. The molecule has 0 saturated heterocycles. The maximum absolute atomic E-state index is 11.6. The Morgan fingerprint density at radius 3 is 2.27 bits per heavy atom. The van der Waals surface area contributed by atoms with E-state index in [-0.39, 0.29) is 6.42 Å². The van der Waals surface area contributed by atoms with Gasteiger partial charge in [-0.25, -0.2) is 0 Å². The van der Waals surface area contributed by atoms with Crippen molar-refractivity contribution in [2.24, 2.45) is 0 Å². The fraction of sp³-hybridized carbons (Fsp3) is 0.500. The molecule has 0 spiro atoms. The molecule has 0 fully saturated rings. The van der Waals surface area contributed by atoms with E-state index in [9.17, 15) is 18.0 Å². The number of hydrogen-bond acceptors (Lipinski definition) is 1. The number of carbonyl (C=O) groups is 1. The van der Waals surface area contributed by atoms with Crippen LogP contribution < -0.4 is 5.32 Å². The fourth-order valence-electron chi connectivity index (χ4n) is 0.328. The van der Waals surface area contributed by atoms with Crippen molar-refractivity contribution < 1.29 is 18.0 Å². The van der Waals surface area contributed by atoms with Crippen LogP contribution in [0.5, 0.6) is 0 Å². The van der Waals surface area contributed by atoms with Gasteiger partial charge in [-0.3, -0.25) is 4.79 Å². The molecule has 1 N–H and O–H groups in total. The zero-order valence-electron chi connectivity index (χ0n) is 5.96. The number of rotatable bonds is 2. The molecule has 0 rings (SSSR count). The van der Waals surface area contributed by atoms with E-state index >= 15 is 0 Å². The Kier molecular flexibility index (Phi) is 3.10. The number of halogens is 3. The van der Waals surface area contributed by atoms with Crippen molar-refractivity contribution in [3.8, 4) is 0 Å². The molecule has 0 aliphatic rings. The van der Waals surface area contributed by atoms with E-state index < -0.39 is 17.8 Å². The highest BCUT2D eigenvalue weighted by molar-refractivity contribution is 5.77. The van der Waals surface area contributed by atoms with Gasteiger partial charge in [-0.15, -0.1) is 0 Å². The molecule has 0 atom stereocenters. The summed E-state index contributed by atoms with van der Waals surface area (Å²) in [6, 6.07) is 0. The number of hydrogen-bond donors (Lipinski definition) is 1. The van der Waals surface area contributed by atoms with Crippen LogP contribution in [0.25, 0.3) is 0 Å². The van der Waals surface area contributed by atoms with Crippen LogP contribution in [0.15, 0.2) is 12.3 Å². The molecule has 0 aromatic heterocycles. The molecule has 5 heteroatoms. The number of carbonyl (C=O) groups excluding carboxylic acids is 1. The summed E-state index contributed by atoms with van der Waals surface area (Å²) in [5, 5.41) is 1.61. The molecule has 64 valence electrons. The highest BCUT2D eigenvalue weighted by atomic mass is 19.4. The second-order valence-corrected chi connectivity index (χ2v) is 1.88. The predicted molar refractivity (Wildman–Crippen MR) is 33.6 cm³/mol. The third kappa shape index (κ3) is 3.64.